The van der Waals surface area contributed by atoms with Crippen molar-refractivity contribution in [2.24, 2.45) is 0 Å². The maximum Gasteiger partial charge on any atom is 0.270 e. The third-order valence-corrected chi connectivity index (χ3v) is 3.61. The van der Waals surface area contributed by atoms with E-state index in [9.17, 15) is 4.79 Å². The number of nitrogens with one attached hydrogen (secondary N) is 1. The molecule has 1 amide bonds. The number of morpholine rings is 1. The highest BCUT2D eigenvalue weighted by Crippen LogP contribution is 2.12. The van der Waals surface area contributed by atoms with Gasteiger partial charge in [0.25, 0.3) is 5.91 Å². The number of hydrogen-bond donors (Lipinski definition) is 1. The quantitative estimate of drug-likeness (QED) is 0.874. The predicted octanol–water partition coefficient (Wildman–Crippen LogP) is 0.681. The van der Waals surface area contributed by atoms with Crippen LogP contribution in [0, 0.1) is 0 Å². The third kappa shape index (κ3) is 4.23. The molecule has 2 aromatic rings. The van der Waals surface area contributed by atoms with Gasteiger partial charge in [0.15, 0.2) is 0 Å². The summed E-state index contributed by atoms with van der Waals surface area (Å²) in [5.74, 6) is 0.566. The number of nitrogens with zero attached hydrogens (tertiary/aromatic N) is 4. The zero-order valence-corrected chi connectivity index (χ0v) is 12.8. The van der Waals surface area contributed by atoms with Crippen molar-refractivity contribution in [3.8, 4) is 0 Å². The first-order chi connectivity index (χ1) is 11.3. The summed E-state index contributed by atoms with van der Waals surface area (Å²) in [5.41, 5.74) is 1.33. The van der Waals surface area contributed by atoms with Crippen LogP contribution < -0.4 is 10.2 Å². The van der Waals surface area contributed by atoms with Gasteiger partial charge in [-0.3, -0.25) is 9.78 Å². The summed E-state index contributed by atoms with van der Waals surface area (Å²) in [6.07, 6.45) is 3.86. The molecule has 0 unspecified atom stereocenters. The van der Waals surface area contributed by atoms with Crippen LogP contribution >= 0.6 is 0 Å². The lowest BCUT2D eigenvalue weighted by atomic mass is 10.2. The lowest BCUT2D eigenvalue weighted by Crippen LogP contribution is -2.37. The van der Waals surface area contributed by atoms with E-state index in [1.54, 1.807) is 12.3 Å². The summed E-state index contributed by atoms with van der Waals surface area (Å²) in [5, 5.41) is 2.87. The van der Waals surface area contributed by atoms with Gasteiger partial charge in [-0.05, 0) is 12.1 Å². The first-order valence-electron chi connectivity index (χ1n) is 7.66. The van der Waals surface area contributed by atoms with E-state index in [-0.39, 0.29) is 5.91 Å². The SMILES string of the molecule is O=C(NCCc1ccccn1)c1cc(N2CCOCC2)ncn1. The molecule has 1 aliphatic rings. The van der Waals surface area contributed by atoms with Crippen LogP contribution in [-0.4, -0.2) is 53.7 Å². The first kappa shape index (κ1) is 15.4. The topological polar surface area (TPSA) is 80.2 Å². The molecule has 1 saturated heterocycles. The summed E-state index contributed by atoms with van der Waals surface area (Å²) < 4.78 is 5.32. The van der Waals surface area contributed by atoms with Crippen molar-refractivity contribution in [2.45, 2.75) is 6.42 Å². The smallest absolute Gasteiger partial charge is 0.270 e. The van der Waals surface area contributed by atoms with Crippen LogP contribution in [0.4, 0.5) is 5.82 Å². The zero-order valence-electron chi connectivity index (χ0n) is 12.8. The first-order valence-corrected chi connectivity index (χ1v) is 7.66. The van der Waals surface area contributed by atoms with Crippen molar-refractivity contribution in [1.29, 1.82) is 0 Å². The largest absolute Gasteiger partial charge is 0.378 e. The fourth-order valence-electron chi connectivity index (χ4n) is 2.38. The van der Waals surface area contributed by atoms with Crippen LogP contribution in [0.15, 0.2) is 36.8 Å². The maximum atomic E-state index is 12.2. The highest BCUT2D eigenvalue weighted by molar-refractivity contribution is 5.92. The number of aromatic nitrogens is 3. The Morgan fingerprint density at radius 3 is 2.87 bits per heavy atom. The molecule has 0 bridgehead atoms. The Kier molecular flexibility index (Phi) is 5.10. The number of carbonyl (C=O) groups excluding carboxylic acids is 1. The molecule has 120 valence electrons. The standard InChI is InChI=1S/C16H19N5O2/c22-16(18-6-4-13-3-1-2-5-17-13)14-11-15(20-12-19-14)21-7-9-23-10-8-21/h1-3,5,11-12H,4,6-10H2,(H,18,22). The Balaban J connectivity index is 1.56. The van der Waals surface area contributed by atoms with E-state index in [2.05, 4.69) is 25.2 Å². The van der Waals surface area contributed by atoms with Crippen LogP contribution in [0.25, 0.3) is 0 Å². The number of carbonyl (C=O) groups is 1. The molecule has 7 heteroatoms. The molecule has 3 rings (SSSR count). The van der Waals surface area contributed by atoms with Gasteiger partial charge in [-0.2, -0.15) is 0 Å². The van der Waals surface area contributed by atoms with Gasteiger partial charge < -0.3 is 15.0 Å². The number of ether oxygens (including phenoxy) is 1. The summed E-state index contributed by atoms with van der Waals surface area (Å²) in [4.78, 5) is 26.8. The number of hydrogen-bond acceptors (Lipinski definition) is 6. The van der Waals surface area contributed by atoms with Crippen LogP contribution in [0.2, 0.25) is 0 Å². The van der Waals surface area contributed by atoms with Gasteiger partial charge in [0, 0.05) is 44.0 Å². The van der Waals surface area contributed by atoms with E-state index < -0.39 is 0 Å². The molecule has 23 heavy (non-hydrogen) atoms. The van der Waals surface area contributed by atoms with Crippen LogP contribution in [-0.2, 0) is 11.2 Å². The Morgan fingerprint density at radius 1 is 1.22 bits per heavy atom. The molecule has 0 atom stereocenters. The van der Waals surface area contributed by atoms with Crippen molar-refractivity contribution in [3.63, 3.8) is 0 Å². The lowest BCUT2D eigenvalue weighted by Gasteiger charge is -2.27. The molecule has 0 saturated carbocycles. The number of anilines is 1. The predicted molar refractivity (Wildman–Crippen MR) is 85.3 cm³/mol. The number of rotatable bonds is 5. The lowest BCUT2D eigenvalue weighted by molar-refractivity contribution is 0.0949. The van der Waals surface area contributed by atoms with E-state index in [1.165, 1.54) is 6.33 Å². The second-order valence-corrected chi connectivity index (χ2v) is 5.19. The van der Waals surface area contributed by atoms with E-state index in [0.717, 1.165) is 24.6 Å². The van der Waals surface area contributed by atoms with Crippen molar-refractivity contribution in [2.75, 3.05) is 37.7 Å². The van der Waals surface area contributed by atoms with Gasteiger partial charge in [-0.15, -0.1) is 0 Å². The molecule has 1 N–H and O–H groups in total. The number of pyridine rings is 1. The minimum atomic E-state index is -0.196. The summed E-state index contributed by atoms with van der Waals surface area (Å²) in [7, 11) is 0. The third-order valence-electron chi connectivity index (χ3n) is 3.61. The molecule has 0 radical (unpaired) electrons. The maximum absolute atomic E-state index is 12.2. The summed E-state index contributed by atoms with van der Waals surface area (Å²) >= 11 is 0. The van der Waals surface area contributed by atoms with Crippen LogP contribution in [0.3, 0.4) is 0 Å². The molecule has 1 aliphatic heterocycles. The van der Waals surface area contributed by atoms with Crippen molar-refractivity contribution < 1.29 is 9.53 Å². The van der Waals surface area contributed by atoms with Gasteiger partial charge in [-0.1, -0.05) is 6.07 Å². The molecule has 3 heterocycles. The Morgan fingerprint density at radius 2 is 2.09 bits per heavy atom. The zero-order chi connectivity index (χ0) is 15.9. The fraction of sp³-hybridized carbons (Fsp3) is 0.375. The molecular weight excluding hydrogens is 294 g/mol. The second kappa shape index (κ2) is 7.64. The minimum Gasteiger partial charge on any atom is -0.378 e. The van der Waals surface area contributed by atoms with Crippen molar-refractivity contribution >= 4 is 11.7 Å². The average Bonchev–Trinajstić information content (AvgIpc) is 2.63. The molecule has 0 aliphatic carbocycles. The minimum absolute atomic E-state index is 0.196. The molecule has 7 nitrogen and oxygen atoms in total. The van der Waals surface area contributed by atoms with Crippen molar-refractivity contribution in [1.82, 2.24) is 20.3 Å². The second-order valence-electron chi connectivity index (χ2n) is 5.19. The number of amides is 1. The Labute approximate surface area is 134 Å². The normalized spacial score (nSPS) is 14.5. The Bertz CT molecular complexity index is 644. The Hall–Kier alpha value is -2.54. The fourth-order valence-corrected chi connectivity index (χ4v) is 2.38. The molecule has 2 aromatic heterocycles. The average molecular weight is 313 g/mol. The molecule has 1 fully saturated rings. The molecule has 0 spiro atoms. The highest BCUT2D eigenvalue weighted by atomic mass is 16.5. The monoisotopic (exact) mass is 313 g/mol. The van der Waals surface area contributed by atoms with Gasteiger partial charge in [0.1, 0.15) is 17.8 Å². The summed E-state index contributed by atoms with van der Waals surface area (Å²) in [6, 6.07) is 7.47. The van der Waals surface area contributed by atoms with Gasteiger partial charge in [-0.25, -0.2) is 9.97 Å². The van der Waals surface area contributed by atoms with Crippen LogP contribution in [0.5, 0.6) is 0 Å². The van der Waals surface area contributed by atoms with E-state index in [0.29, 0.717) is 31.9 Å². The molecule has 0 aromatic carbocycles. The van der Waals surface area contributed by atoms with E-state index in [4.69, 9.17) is 4.74 Å². The summed E-state index contributed by atoms with van der Waals surface area (Å²) in [6.45, 7) is 3.42. The van der Waals surface area contributed by atoms with Gasteiger partial charge >= 0.3 is 0 Å². The van der Waals surface area contributed by atoms with Crippen LogP contribution in [0.1, 0.15) is 16.2 Å². The van der Waals surface area contributed by atoms with Gasteiger partial charge in [0.2, 0.25) is 0 Å². The molecular formula is C16H19N5O2. The van der Waals surface area contributed by atoms with E-state index in [1.807, 2.05) is 18.2 Å². The van der Waals surface area contributed by atoms with E-state index >= 15 is 0 Å². The highest BCUT2D eigenvalue weighted by Gasteiger charge is 2.15. The van der Waals surface area contributed by atoms with Crippen molar-refractivity contribution in [3.05, 3.63) is 48.2 Å². The van der Waals surface area contributed by atoms with Gasteiger partial charge in [0.05, 0.1) is 13.2 Å².